The van der Waals surface area contributed by atoms with Crippen LogP contribution in [0.4, 0.5) is 4.79 Å². The molecular formula is C48H55N13O4. The number of nitrogens with one attached hydrogen (secondary N) is 4. The standard InChI is InChI=1S/C26H31N7O3.C22H24N6O/c1-15-7-8-16-19(11-15)32(6)31-20(16)18-13-28-22-21(29-18)17(12-27-22)23(34)30-26(5)9-10-33(14-26)24(35)36-25(2,3)4;1-13-6-7-14-17(10-13)28(3)27-18(14)16-12-24-20-19(25-16)15(11-23-20)21(29)26-22(2)8-4-5-9-22/h7-8,11-13H,9-10,14H2,1-6H3,(H,27,28)(H,30,34);6-7,10-12H,4-5,8-9H2,1-3H3,(H,23,24)(H,26,29). The van der Waals surface area contributed by atoms with Crippen molar-refractivity contribution < 1.29 is 19.1 Å². The van der Waals surface area contributed by atoms with Crippen molar-refractivity contribution >= 4 is 62.0 Å². The van der Waals surface area contributed by atoms with Crippen LogP contribution in [-0.2, 0) is 18.8 Å². The smallest absolute Gasteiger partial charge is 0.410 e. The van der Waals surface area contributed by atoms with Crippen LogP contribution in [0.3, 0.4) is 0 Å². The molecule has 8 aromatic rings. The highest BCUT2D eigenvalue weighted by atomic mass is 16.6. The molecule has 1 atom stereocenters. The minimum absolute atomic E-state index is 0.103. The molecule has 2 aliphatic rings. The van der Waals surface area contributed by atoms with Crippen LogP contribution in [0, 0.1) is 13.8 Å². The summed E-state index contributed by atoms with van der Waals surface area (Å²) >= 11 is 0. The topological polar surface area (TPSA) is 207 Å². The van der Waals surface area contributed by atoms with E-state index in [0.717, 1.165) is 58.7 Å². The molecule has 2 fully saturated rings. The van der Waals surface area contributed by atoms with Crippen LogP contribution in [-0.4, -0.2) is 102 Å². The summed E-state index contributed by atoms with van der Waals surface area (Å²) in [6.45, 7) is 14.5. The van der Waals surface area contributed by atoms with Crippen LogP contribution in [0.25, 0.3) is 66.9 Å². The van der Waals surface area contributed by atoms with Crippen LogP contribution in [0.2, 0.25) is 0 Å². The summed E-state index contributed by atoms with van der Waals surface area (Å²) in [7, 11) is 3.82. The van der Waals surface area contributed by atoms with Crippen molar-refractivity contribution in [3.05, 3.63) is 83.4 Å². The van der Waals surface area contributed by atoms with Gasteiger partial charge in [0.25, 0.3) is 11.8 Å². The number of aromatic amines is 2. The van der Waals surface area contributed by atoms with Crippen molar-refractivity contribution in [1.82, 2.24) is 65.0 Å². The summed E-state index contributed by atoms with van der Waals surface area (Å²) in [6, 6.07) is 12.4. The number of H-pyrrole nitrogens is 2. The molecule has 1 aliphatic carbocycles. The van der Waals surface area contributed by atoms with Crippen LogP contribution in [0.15, 0.2) is 61.2 Å². The van der Waals surface area contributed by atoms with E-state index in [1.165, 1.54) is 5.56 Å². The second-order valence-corrected chi connectivity index (χ2v) is 19.2. The van der Waals surface area contributed by atoms with Crippen molar-refractivity contribution in [3.63, 3.8) is 0 Å². The van der Waals surface area contributed by atoms with Crippen LogP contribution in [0.1, 0.15) is 98.6 Å². The van der Waals surface area contributed by atoms with Gasteiger partial charge < -0.3 is 30.2 Å². The Bertz CT molecular complexity index is 3160. The fourth-order valence-corrected chi connectivity index (χ4v) is 8.98. The lowest BCUT2D eigenvalue weighted by Crippen LogP contribution is -2.49. The van der Waals surface area contributed by atoms with Gasteiger partial charge in [0, 0.05) is 55.9 Å². The number of fused-ring (bicyclic) bond motifs is 4. The lowest BCUT2D eigenvalue weighted by molar-refractivity contribution is 0.0280. The van der Waals surface area contributed by atoms with Gasteiger partial charge in [-0.25, -0.2) is 24.7 Å². The van der Waals surface area contributed by atoms with Gasteiger partial charge in [-0.1, -0.05) is 37.1 Å². The summed E-state index contributed by atoms with van der Waals surface area (Å²) in [5, 5.41) is 17.6. The zero-order valence-electron chi connectivity index (χ0n) is 38.4. The summed E-state index contributed by atoms with van der Waals surface area (Å²) in [6.07, 6.45) is 11.3. The number of carbonyl (C=O) groups excluding carboxylic acids is 3. The Balaban J connectivity index is 0.000000168. The molecule has 17 nitrogen and oxygen atoms in total. The number of aromatic nitrogens is 10. The van der Waals surface area contributed by atoms with Gasteiger partial charge in [-0.2, -0.15) is 10.2 Å². The third kappa shape index (κ3) is 8.49. The molecule has 65 heavy (non-hydrogen) atoms. The number of aryl methyl sites for hydroxylation is 4. The maximum Gasteiger partial charge on any atom is 0.410 e. The zero-order chi connectivity index (χ0) is 46.0. The molecule has 10 rings (SSSR count). The highest BCUT2D eigenvalue weighted by molar-refractivity contribution is 6.06. The maximum absolute atomic E-state index is 13.3. The van der Waals surface area contributed by atoms with E-state index < -0.39 is 11.1 Å². The number of hydrogen-bond donors (Lipinski definition) is 4. The van der Waals surface area contributed by atoms with E-state index in [2.05, 4.69) is 78.9 Å². The van der Waals surface area contributed by atoms with Crippen LogP contribution in [0.5, 0.6) is 0 Å². The first-order valence-electron chi connectivity index (χ1n) is 22.0. The second kappa shape index (κ2) is 16.1. The molecule has 4 N–H and O–H groups in total. The monoisotopic (exact) mass is 877 g/mol. The zero-order valence-corrected chi connectivity index (χ0v) is 38.4. The fraction of sp³-hybridized carbons (Fsp3) is 0.396. The SMILES string of the molecule is Cc1ccc2c(-c3cnc4[nH]cc(C(=O)NC5(C)CCCC5)c4n3)nn(C)c2c1.Cc1ccc2c(-c3cnc4[nH]cc(C(=O)NC5(C)CCN(C(=O)OC(C)(C)C)C5)c4n3)nn(C)c2c1. The van der Waals surface area contributed by atoms with E-state index in [4.69, 9.17) is 14.7 Å². The third-order valence-electron chi connectivity index (χ3n) is 12.4. The molecule has 1 saturated heterocycles. The molecule has 7 heterocycles. The Morgan fingerprint density at radius 3 is 1.66 bits per heavy atom. The van der Waals surface area contributed by atoms with E-state index in [1.807, 2.05) is 70.2 Å². The van der Waals surface area contributed by atoms with Crippen molar-refractivity contribution in [2.45, 2.75) is 97.2 Å². The van der Waals surface area contributed by atoms with Gasteiger partial charge in [-0.05, 0) is 91.0 Å². The van der Waals surface area contributed by atoms with Crippen LogP contribution < -0.4 is 10.6 Å². The second-order valence-electron chi connectivity index (χ2n) is 19.2. The van der Waals surface area contributed by atoms with Gasteiger partial charge in [0.1, 0.15) is 39.4 Å². The summed E-state index contributed by atoms with van der Waals surface area (Å²) in [4.78, 5) is 65.1. The Morgan fingerprint density at radius 1 is 0.708 bits per heavy atom. The Kier molecular flexibility index (Phi) is 10.7. The Hall–Kier alpha value is -7.17. The summed E-state index contributed by atoms with van der Waals surface area (Å²) in [5.41, 5.74) is 8.91. The first-order valence-corrected chi connectivity index (χ1v) is 22.0. The van der Waals surface area contributed by atoms with Crippen LogP contribution >= 0.6 is 0 Å². The number of nitrogens with zero attached hydrogens (tertiary/aromatic N) is 9. The lowest BCUT2D eigenvalue weighted by atomic mass is 10.0. The third-order valence-corrected chi connectivity index (χ3v) is 12.4. The Morgan fingerprint density at radius 2 is 1.18 bits per heavy atom. The largest absolute Gasteiger partial charge is 0.444 e. The van der Waals surface area contributed by atoms with Crippen molar-refractivity contribution in [1.29, 1.82) is 0 Å². The van der Waals surface area contributed by atoms with E-state index >= 15 is 0 Å². The van der Waals surface area contributed by atoms with Gasteiger partial charge >= 0.3 is 6.09 Å². The highest BCUT2D eigenvalue weighted by Crippen LogP contribution is 2.32. The molecule has 0 spiro atoms. The van der Waals surface area contributed by atoms with E-state index in [1.54, 1.807) is 29.7 Å². The molecule has 1 saturated carbocycles. The predicted octanol–water partition coefficient (Wildman–Crippen LogP) is 7.83. The molecule has 2 aromatic carbocycles. The molecule has 336 valence electrons. The predicted molar refractivity (Wildman–Crippen MR) is 249 cm³/mol. The molecule has 17 heteroatoms. The summed E-state index contributed by atoms with van der Waals surface area (Å²) < 4.78 is 9.17. The quantitative estimate of drug-likeness (QED) is 0.127. The van der Waals surface area contributed by atoms with Gasteiger partial charge in [-0.15, -0.1) is 0 Å². The number of amides is 3. The first kappa shape index (κ1) is 43.1. The normalized spacial score (nSPS) is 17.2. The molecule has 1 aliphatic heterocycles. The minimum Gasteiger partial charge on any atom is -0.444 e. The van der Waals surface area contributed by atoms with Gasteiger partial charge in [0.15, 0.2) is 11.3 Å². The lowest BCUT2D eigenvalue weighted by Gasteiger charge is -2.27. The molecular weight excluding hydrogens is 823 g/mol. The molecule has 1 unspecified atom stereocenters. The molecule has 3 amide bonds. The van der Waals surface area contributed by atoms with Crippen molar-refractivity contribution in [3.8, 4) is 22.8 Å². The molecule has 0 radical (unpaired) electrons. The molecule has 6 aromatic heterocycles. The van der Waals surface area contributed by atoms with Gasteiger partial charge in [0.05, 0.1) is 40.1 Å². The van der Waals surface area contributed by atoms with E-state index in [-0.39, 0.29) is 23.4 Å². The summed E-state index contributed by atoms with van der Waals surface area (Å²) in [5.74, 6) is -0.378. The number of carbonyl (C=O) groups is 3. The number of benzene rings is 2. The number of rotatable bonds is 6. The number of hydrogen-bond acceptors (Lipinski definition) is 10. The van der Waals surface area contributed by atoms with Gasteiger partial charge in [-0.3, -0.25) is 19.0 Å². The van der Waals surface area contributed by atoms with Gasteiger partial charge in [0.2, 0.25) is 0 Å². The highest BCUT2D eigenvalue weighted by Gasteiger charge is 2.39. The van der Waals surface area contributed by atoms with E-state index in [0.29, 0.717) is 70.0 Å². The maximum atomic E-state index is 13.3. The van der Waals surface area contributed by atoms with Crippen molar-refractivity contribution in [2.75, 3.05) is 13.1 Å². The van der Waals surface area contributed by atoms with Crippen molar-refractivity contribution in [2.24, 2.45) is 14.1 Å². The first-order chi connectivity index (χ1) is 30.9. The average molecular weight is 878 g/mol. The molecule has 0 bridgehead atoms. The van der Waals surface area contributed by atoms with E-state index in [9.17, 15) is 14.4 Å². The number of likely N-dealkylation sites (tertiary alicyclic amines) is 1. The average Bonchev–Trinajstić information content (AvgIpc) is 4.12. The number of ether oxygens (including phenoxy) is 1. The minimum atomic E-state index is -0.586. The Labute approximate surface area is 375 Å². The fourth-order valence-electron chi connectivity index (χ4n) is 8.98.